The first-order chi connectivity index (χ1) is 13.6. The molecule has 0 amide bonds. The van der Waals surface area contributed by atoms with E-state index in [2.05, 4.69) is 132 Å². The third-order valence-electron chi connectivity index (χ3n) is 3.74. The summed E-state index contributed by atoms with van der Waals surface area (Å²) in [5.74, 6) is 1.36. The topological polar surface area (TPSA) is 0 Å². The summed E-state index contributed by atoms with van der Waals surface area (Å²) >= 11 is 0. The molecule has 0 heteroatoms. The highest BCUT2D eigenvalue weighted by atomic mass is 14.2. The average molecular weight is 403 g/mol. The van der Waals surface area contributed by atoms with E-state index in [9.17, 15) is 0 Å². The van der Waals surface area contributed by atoms with Crippen LogP contribution in [0.3, 0.4) is 0 Å². The monoisotopic (exact) mass is 402 g/mol. The molecule has 170 valence electrons. The Balaban J connectivity index is -0.000000146. The molecule has 0 saturated carbocycles. The standard InChI is InChI=1S/C18H30.C5H12.C2H6.C2H4.C2H2/c1-8-11-12-16(9-2)17(10-3)15(4)13-14-18(5,6)7;1-4-5(2)3;3*1-2/h8,10-15H,9H2,1-7H3;5H,4H2,1-3H3;1-2H3;1-2H2;1-2H/b11-8-,14-13+,16-12+,17-10-;;;;. The van der Waals surface area contributed by atoms with Crippen molar-refractivity contribution in [3.8, 4) is 12.8 Å². The summed E-state index contributed by atoms with van der Waals surface area (Å²) in [6.07, 6.45) is 23.7. The van der Waals surface area contributed by atoms with Gasteiger partial charge in [-0.3, -0.25) is 0 Å². The van der Waals surface area contributed by atoms with Crippen molar-refractivity contribution in [2.75, 3.05) is 0 Å². The smallest absolute Gasteiger partial charge is 0.00108 e. The van der Waals surface area contributed by atoms with Crippen molar-refractivity contribution in [1.82, 2.24) is 0 Å². The van der Waals surface area contributed by atoms with Crippen LogP contribution in [0.4, 0.5) is 0 Å². The van der Waals surface area contributed by atoms with Gasteiger partial charge in [0.2, 0.25) is 0 Å². The van der Waals surface area contributed by atoms with Crippen LogP contribution in [-0.4, -0.2) is 0 Å². The van der Waals surface area contributed by atoms with E-state index in [1.807, 2.05) is 13.8 Å². The highest BCUT2D eigenvalue weighted by Gasteiger charge is 2.10. The minimum absolute atomic E-state index is 0.256. The molecule has 0 nitrogen and oxygen atoms in total. The van der Waals surface area contributed by atoms with E-state index < -0.39 is 0 Å². The Hall–Kier alpha value is -1.74. The van der Waals surface area contributed by atoms with Crippen LogP contribution in [0.5, 0.6) is 0 Å². The summed E-state index contributed by atoms with van der Waals surface area (Å²) < 4.78 is 0. The second-order valence-electron chi connectivity index (χ2n) is 7.63. The van der Waals surface area contributed by atoms with Crippen molar-refractivity contribution >= 4 is 0 Å². The van der Waals surface area contributed by atoms with Crippen molar-refractivity contribution in [1.29, 1.82) is 0 Å². The summed E-state index contributed by atoms with van der Waals surface area (Å²) in [6, 6.07) is 0. The zero-order chi connectivity index (χ0) is 24.5. The molecule has 0 aliphatic carbocycles. The van der Waals surface area contributed by atoms with Crippen LogP contribution in [0.25, 0.3) is 0 Å². The largest absolute Gasteiger partial charge is 0.124 e. The molecule has 0 rings (SSSR count). The minimum atomic E-state index is 0.256. The van der Waals surface area contributed by atoms with Crippen molar-refractivity contribution in [2.45, 2.75) is 95.9 Å². The first-order valence-electron chi connectivity index (χ1n) is 11.1. The number of terminal acetylenes is 1. The van der Waals surface area contributed by atoms with Crippen molar-refractivity contribution < 1.29 is 0 Å². The molecule has 0 N–H and O–H groups in total. The summed E-state index contributed by atoms with van der Waals surface area (Å²) in [5, 5.41) is 0. The van der Waals surface area contributed by atoms with Crippen LogP contribution in [-0.2, 0) is 0 Å². The van der Waals surface area contributed by atoms with Gasteiger partial charge in [-0.2, -0.15) is 0 Å². The summed E-state index contributed by atoms with van der Waals surface area (Å²) in [4.78, 5) is 0. The Morgan fingerprint density at radius 2 is 1.38 bits per heavy atom. The fourth-order valence-electron chi connectivity index (χ4n) is 1.91. The summed E-state index contributed by atoms with van der Waals surface area (Å²) in [7, 11) is 0. The van der Waals surface area contributed by atoms with Gasteiger partial charge in [0.15, 0.2) is 0 Å². The maximum atomic E-state index is 4.00. The molecule has 0 aromatic carbocycles. The second-order valence-corrected chi connectivity index (χ2v) is 7.63. The molecule has 0 bridgehead atoms. The second kappa shape index (κ2) is 28.5. The van der Waals surface area contributed by atoms with Crippen LogP contribution in [0.2, 0.25) is 0 Å². The number of hydrogen-bond acceptors (Lipinski definition) is 0. The molecular weight excluding hydrogens is 348 g/mol. The molecule has 0 radical (unpaired) electrons. The van der Waals surface area contributed by atoms with Gasteiger partial charge in [0.25, 0.3) is 0 Å². The van der Waals surface area contributed by atoms with Gasteiger partial charge in [0, 0.05) is 0 Å². The number of hydrogen-bond donors (Lipinski definition) is 0. The lowest BCUT2D eigenvalue weighted by molar-refractivity contribution is 0.539. The highest BCUT2D eigenvalue weighted by Crippen LogP contribution is 2.25. The molecular formula is C29H54. The maximum absolute atomic E-state index is 4.00. The molecule has 0 aromatic heterocycles. The van der Waals surface area contributed by atoms with Gasteiger partial charge in [-0.25, -0.2) is 0 Å². The summed E-state index contributed by atoms with van der Waals surface area (Å²) in [6.45, 7) is 32.0. The van der Waals surface area contributed by atoms with E-state index in [4.69, 9.17) is 0 Å². The third-order valence-corrected chi connectivity index (χ3v) is 3.74. The van der Waals surface area contributed by atoms with E-state index in [0.29, 0.717) is 5.92 Å². The maximum Gasteiger partial charge on any atom is -0.00108 e. The van der Waals surface area contributed by atoms with Crippen molar-refractivity contribution in [3.63, 3.8) is 0 Å². The zero-order valence-corrected chi connectivity index (χ0v) is 22.1. The fraction of sp³-hybridized carbons (Fsp3) is 0.586. The van der Waals surface area contributed by atoms with Gasteiger partial charge in [-0.15, -0.1) is 26.0 Å². The van der Waals surface area contributed by atoms with E-state index in [0.717, 1.165) is 12.3 Å². The van der Waals surface area contributed by atoms with Gasteiger partial charge in [-0.1, -0.05) is 112 Å². The van der Waals surface area contributed by atoms with Gasteiger partial charge in [0.05, 0.1) is 0 Å². The molecule has 1 unspecified atom stereocenters. The number of rotatable bonds is 6. The lowest BCUT2D eigenvalue weighted by Gasteiger charge is -2.17. The van der Waals surface area contributed by atoms with E-state index in [1.54, 1.807) is 0 Å². The molecule has 0 spiro atoms. The van der Waals surface area contributed by atoms with Crippen LogP contribution >= 0.6 is 0 Å². The lowest BCUT2D eigenvalue weighted by Crippen LogP contribution is -2.03. The minimum Gasteiger partial charge on any atom is -0.124 e. The Morgan fingerprint density at radius 1 is 0.966 bits per heavy atom. The molecule has 0 heterocycles. The molecule has 1 atom stereocenters. The molecule has 0 saturated heterocycles. The first-order valence-corrected chi connectivity index (χ1v) is 11.1. The normalized spacial score (nSPS) is 12.5. The highest BCUT2D eigenvalue weighted by molar-refractivity contribution is 5.36. The molecule has 0 aliphatic rings. The third kappa shape index (κ3) is 31.2. The van der Waals surface area contributed by atoms with Crippen LogP contribution in [0.15, 0.2) is 60.8 Å². The Labute approximate surface area is 187 Å². The molecule has 29 heavy (non-hydrogen) atoms. The van der Waals surface area contributed by atoms with Crippen LogP contribution < -0.4 is 0 Å². The molecule has 0 aliphatic heterocycles. The SMILES string of the molecule is C#C.C=C.CC.CCC(C)C.C\C=C/C=C(CC)/C(=C\C)C(C)/C=C/C(C)(C)C. The average Bonchev–Trinajstić information content (AvgIpc) is 2.73. The Morgan fingerprint density at radius 3 is 1.62 bits per heavy atom. The zero-order valence-electron chi connectivity index (χ0n) is 22.1. The quantitative estimate of drug-likeness (QED) is 0.235. The van der Waals surface area contributed by atoms with Gasteiger partial charge >= 0.3 is 0 Å². The van der Waals surface area contributed by atoms with Gasteiger partial charge in [0.1, 0.15) is 0 Å². The van der Waals surface area contributed by atoms with E-state index >= 15 is 0 Å². The van der Waals surface area contributed by atoms with E-state index in [1.165, 1.54) is 17.6 Å². The molecule has 0 fully saturated rings. The van der Waals surface area contributed by atoms with Crippen LogP contribution in [0.1, 0.15) is 95.9 Å². The molecule has 0 aromatic rings. The number of allylic oxidation sites excluding steroid dienone is 8. The van der Waals surface area contributed by atoms with Gasteiger partial charge in [-0.05, 0) is 48.7 Å². The van der Waals surface area contributed by atoms with Crippen molar-refractivity contribution in [3.05, 3.63) is 60.8 Å². The summed E-state index contributed by atoms with van der Waals surface area (Å²) in [5.41, 5.74) is 3.13. The van der Waals surface area contributed by atoms with Crippen LogP contribution in [0, 0.1) is 30.1 Å². The Bertz CT molecular complexity index is 444. The Kier molecular flexibility index (Phi) is 37.2. The van der Waals surface area contributed by atoms with E-state index in [-0.39, 0.29) is 5.41 Å². The van der Waals surface area contributed by atoms with Gasteiger partial charge < -0.3 is 0 Å². The predicted molar refractivity (Wildman–Crippen MR) is 142 cm³/mol. The van der Waals surface area contributed by atoms with Crippen molar-refractivity contribution in [2.24, 2.45) is 17.3 Å². The predicted octanol–water partition coefficient (Wildman–Crippen LogP) is 10.2. The fourth-order valence-corrected chi connectivity index (χ4v) is 1.91. The lowest BCUT2D eigenvalue weighted by atomic mass is 9.88. The first kappa shape index (κ1) is 37.9.